The lowest BCUT2D eigenvalue weighted by Gasteiger charge is -2.21. The van der Waals surface area contributed by atoms with Gasteiger partial charge in [-0.2, -0.15) is 0 Å². The van der Waals surface area contributed by atoms with E-state index in [1.54, 1.807) is 0 Å². The highest BCUT2D eigenvalue weighted by Crippen LogP contribution is 2.52. The Labute approximate surface area is 255 Å². The average molecular weight is 561 g/mol. The van der Waals surface area contributed by atoms with Gasteiger partial charge in [0.2, 0.25) is 0 Å². The number of furan rings is 1. The van der Waals surface area contributed by atoms with E-state index in [-0.39, 0.29) is 5.41 Å². The monoisotopic (exact) mass is 560 g/mol. The molecule has 0 amide bonds. The van der Waals surface area contributed by atoms with Crippen molar-refractivity contribution in [2.75, 3.05) is 0 Å². The fraction of sp³-hybridized carbons (Fsp3) is 0.0698. The van der Waals surface area contributed by atoms with Gasteiger partial charge in [-0.05, 0) is 95.0 Å². The van der Waals surface area contributed by atoms with Crippen molar-refractivity contribution in [2.45, 2.75) is 19.3 Å². The van der Waals surface area contributed by atoms with Crippen LogP contribution in [0.15, 0.2) is 138 Å². The SMILES string of the molecule is CC1(C)c2ccccc2-c2cc3c(cc21)oc1cccc(-c2ccc4ccc5c(-c6ccccc6)ccc6ccc2c4c65)c13. The zero-order chi connectivity index (χ0) is 29.2. The zero-order valence-electron chi connectivity index (χ0n) is 24.6. The maximum absolute atomic E-state index is 6.62. The van der Waals surface area contributed by atoms with Gasteiger partial charge in [0.25, 0.3) is 0 Å². The van der Waals surface area contributed by atoms with Crippen molar-refractivity contribution in [1.29, 1.82) is 0 Å². The van der Waals surface area contributed by atoms with Crippen LogP contribution in [0.25, 0.3) is 87.6 Å². The number of hydrogen-bond acceptors (Lipinski definition) is 1. The minimum absolute atomic E-state index is 0.0629. The molecule has 0 bridgehead atoms. The first-order chi connectivity index (χ1) is 21.6. The van der Waals surface area contributed by atoms with E-state index in [1.165, 1.54) is 87.6 Å². The molecule has 9 aromatic rings. The predicted molar refractivity (Wildman–Crippen MR) is 186 cm³/mol. The molecule has 1 heteroatoms. The molecule has 1 nitrogen and oxygen atoms in total. The first-order valence-corrected chi connectivity index (χ1v) is 15.4. The van der Waals surface area contributed by atoms with Crippen molar-refractivity contribution in [1.82, 2.24) is 0 Å². The Balaban J connectivity index is 1.28. The van der Waals surface area contributed by atoms with E-state index in [0.29, 0.717) is 0 Å². The van der Waals surface area contributed by atoms with Crippen LogP contribution in [0.3, 0.4) is 0 Å². The Morgan fingerprint density at radius 1 is 0.409 bits per heavy atom. The largest absolute Gasteiger partial charge is 0.456 e. The number of hydrogen-bond donors (Lipinski definition) is 0. The van der Waals surface area contributed by atoms with Gasteiger partial charge in [-0.3, -0.25) is 0 Å². The van der Waals surface area contributed by atoms with Crippen molar-refractivity contribution >= 4 is 54.3 Å². The van der Waals surface area contributed by atoms with Crippen molar-refractivity contribution in [2.24, 2.45) is 0 Å². The van der Waals surface area contributed by atoms with Gasteiger partial charge in [0.15, 0.2) is 0 Å². The van der Waals surface area contributed by atoms with E-state index in [2.05, 4.69) is 147 Å². The Morgan fingerprint density at radius 3 is 1.86 bits per heavy atom. The summed E-state index contributed by atoms with van der Waals surface area (Å²) in [5.41, 5.74) is 12.2. The molecule has 1 aromatic heterocycles. The van der Waals surface area contributed by atoms with Gasteiger partial charge in [-0.25, -0.2) is 0 Å². The number of fused-ring (bicyclic) bond motifs is 6. The van der Waals surface area contributed by atoms with Crippen molar-refractivity contribution in [3.63, 3.8) is 0 Å². The maximum atomic E-state index is 6.62. The third-order valence-electron chi connectivity index (χ3n) is 10.2. The van der Waals surface area contributed by atoms with E-state index < -0.39 is 0 Å². The molecular formula is C43H28O. The molecule has 0 saturated carbocycles. The summed E-state index contributed by atoms with van der Waals surface area (Å²) in [4.78, 5) is 0. The summed E-state index contributed by atoms with van der Waals surface area (Å²) < 4.78 is 6.62. The van der Waals surface area contributed by atoms with Crippen LogP contribution in [0, 0.1) is 0 Å². The Kier molecular flexibility index (Phi) is 4.58. The van der Waals surface area contributed by atoms with Gasteiger partial charge in [0.1, 0.15) is 11.2 Å². The van der Waals surface area contributed by atoms with Crippen LogP contribution in [0.4, 0.5) is 0 Å². The van der Waals surface area contributed by atoms with Crippen molar-refractivity contribution in [3.8, 4) is 33.4 Å². The van der Waals surface area contributed by atoms with Gasteiger partial charge in [-0.15, -0.1) is 0 Å². The molecular weight excluding hydrogens is 532 g/mol. The topological polar surface area (TPSA) is 13.1 Å². The van der Waals surface area contributed by atoms with E-state index in [0.717, 1.165) is 11.2 Å². The van der Waals surface area contributed by atoms with Crippen LogP contribution in [-0.4, -0.2) is 0 Å². The second-order valence-corrected chi connectivity index (χ2v) is 12.9. The fourth-order valence-corrected chi connectivity index (χ4v) is 8.15. The highest BCUT2D eigenvalue weighted by Gasteiger charge is 2.36. The van der Waals surface area contributed by atoms with Gasteiger partial charge < -0.3 is 4.42 Å². The van der Waals surface area contributed by atoms with E-state index >= 15 is 0 Å². The summed E-state index contributed by atoms with van der Waals surface area (Å²) in [6.07, 6.45) is 0. The molecule has 0 spiro atoms. The normalized spacial score (nSPS) is 13.9. The second-order valence-electron chi connectivity index (χ2n) is 12.9. The summed E-state index contributed by atoms with van der Waals surface area (Å²) >= 11 is 0. The summed E-state index contributed by atoms with van der Waals surface area (Å²) in [6.45, 7) is 4.65. The molecule has 0 saturated heterocycles. The molecule has 1 aliphatic rings. The lowest BCUT2D eigenvalue weighted by Crippen LogP contribution is -2.14. The lowest BCUT2D eigenvalue weighted by molar-refractivity contribution is 0.647. The molecule has 1 aliphatic carbocycles. The third kappa shape index (κ3) is 3.04. The summed E-state index contributed by atoms with van der Waals surface area (Å²) in [7, 11) is 0. The fourth-order valence-electron chi connectivity index (χ4n) is 8.15. The van der Waals surface area contributed by atoms with Crippen LogP contribution in [0.5, 0.6) is 0 Å². The highest BCUT2D eigenvalue weighted by molar-refractivity contribution is 6.28. The quantitative estimate of drug-likeness (QED) is 0.192. The molecule has 206 valence electrons. The summed E-state index contributed by atoms with van der Waals surface area (Å²) in [5, 5.41) is 10.2. The minimum Gasteiger partial charge on any atom is -0.456 e. The molecule has 0 N–H and O–H groups in total. The van der Waals surface area contributed by atoms with Crippen LogP contribution in [0.1, 0.15) is 25.0 Å². The molecule has 8 aromatic carbocycles. The van der Waals surface area contributed by atoms with Crippen LogP contribution < -0.4 is 0 Å². The number of rotatable bonds is 2. The first kappa shape index (κ1) is 24.1. The summed E-state index contributed by atoms with van der Waals surface area (Å²) in [5.74, 6) is 0. The molecule has 1 heterocycles. The number of benzene rings is 8. The van der Waals surface area contributed by atoms with Gasteiger partial charge >= 0.3 is 0 Å². The van der Waals surface area contributed by atoms with Crippen LogP contribution in [-0.2, 0) is 5.41 Å². The molecule has 0 aliphatic heterocycles. The smallest absolute Gasteiger partial charge is 0.136 e. The molecule has 10 rings (SSSR count). The van der Waals surface area contributed by atoms with E-state index in [1.807, 2.05) is 0 Å². The van der Waals surface area contributed by atoms with Crippen molar-refractivity contribution < 1.29 is 4.42 Å². The van der Waals surface area contributed by atoms with E-state index in [9.17, 15) is 0 Å². The summed E-state index contributed by atoms with van der Waals surface area (Å²) in [6, 6.07) is 49.1. The zero-order valence-corrected chi connectivity index (χ0v) is 24.6. The standard InChI is InChI=1S/C43H28O/c1-43(2)36-13-7-6-11-30(36)34-23-35-39(24-37(34)43)44-38-14-8-12-31(42(35)38)29-20-16-27-17-21-32-28(25-9-4-3-5-10-25)19-15-26-18-22-33(29)41(27)40(26)32/h3-24H,1-2H3. The lowest BCUT2D eigenvalue weighted by atomic mass is 9.82. The highest BCUT2D eigenvalue weighted by atomic mass is 16.3. The van der Waals surface area contributed by atoms with Gasteiger partial charge in [0.05, 0.1) is 0 Å². The molecule has 0 fully saturated rings. The van der Waals surface area contributed by atoms with Gasteiger partial charge in [-0.1, -0.05) is 129 Å². The average Bonchev–Trinajstić information content (AvgIpc) is 3.54. The predicted octanol–water partition coefficient (Wildman–Crippen LogP) is 12.1. The molecule has 0 unspecified atom stereocenters. The Hall–Kier alpha value is -5.40. The van der Waals surface area contributed by atoms with E-state index in [4.69, 9.17) is 4.42 Å². The second kappa shape index (κ2) is 8.36. The first-order valence-electron chi connectivity index (χ1n) is 15.4. The molecule has 44 heavy (non-hydrogen) atoms. The third-order valence-corrected chi connectivity index (χ3v) is 10.2. The Morgan fingerprint density at radius 2 is 1.07 bits per heavy atom. The molecule has 0 atom stereocenters. The van der Waals surface area contributed by atoms with Crippen LogP contribution >= 0.6 is 0 Å². The maximum Gasteiger partial charge on any atom is 0.136 e. The van der Waals surface area contributed by atoms with Crippen molar-refractivity contribution in [3.05, 3.63) is 145 Å². The van der Waals surface area contributed by atoms with Crippen LogP contribution in [0.2, 0.25) is 0 Å². The Bertz CT molecular complexity index is 2620. The minimum atomic E-state index is -0.0629. The molecule has 0 radical (unpaired) electrons. The van der Waals surface area contributed by atoms with Gasteiger partial charge in [0, 0.05) is 16.2 Å².